The first-order chi connectivity index (χ1) is 7.57. The van der Waals surface area contributed by atoms with Crippen molar-refractivity contribution in [3.63, 3.8) is 0 Å². The first kappa shape index (κ1) is 11.8. The lowest BCUT2D eigenvalue weighted by Crippen LogP contribution is -2.24. The number of benzene rings is 1. The lowest BCUT2D eigenvalue weighted by atomic mass is 9.92. The third-order valence-corrected chi connectivity index (χ3v) is 3.21. The van der Waals surface area contributed by atoms with Crippen LogP contribution in [-0.2, 0) is 6.42 Å². The Bertz CT molecular complexity index is 429. The molecule has 0 fully saturated rings. The molecule has 0 bridgehead atoms. The third kappa shape index (κ3) is 2.90. The van der Waals surface area contributed by atoms with Gasteiger partial charge in [0.15, 0.2) is 0 Å². The minimum atomic E-state index is -0.485. The average Bonchev–Trinajstić information content (AvgIpc) is 2.21. The van der Waals surface area contributed by atoms with E-state index in [1.165, 1.54) is 11.1 Å². The first-order valence-electron chi connectivity index (χ1n) is 5.23. The summed E-state index contributed by atoms with van der Waals surface area (Å²) in [7, 11) is 0. The summed E-state index contributed by atoms with van der Waals surface area (Å²) in [5.74, 6) is 0. The summed E-state index contributed by atoms with van der Waals surface area (Å²) in [5.41, 5.74) is 2.47. The predicted molar refractivity (Wildman–Crippen MR) is 70.8 cm³/mol. The lowest BCUT2D eigenvalue weighted by molar-refractivity contribution is 0.800. The highest BCUT2D eigenvalue weighted by molar-refractivity contribution is 6.34. The molecule has 1 radical (unpaired) electrons. The molecule has 83 valence electrons. The molecular weight excluding hydrogens is 239 g/mol. The van der Waals surface area contributed by atoms with Crippen molar-refractivity contribution < 1.29 is 0 Å². The first-order valence-corrected chi connectivity index (χ1v) is 5.98. The summed E-state index contributed by atoms with van der Waals surface area (Å²) >= 11 is 12.4. The second-order valence-electron chi connectivity index (χ2n) is 4.14. The molecule has 1 aromatic rings. The summed E-state index contributed by atoms with van der Waals surface area (Å²) < 4.78 is 0. The van der Waals surface area contributed by atoms with Gasteiger partial charge in [-0.1, -0.05) is 53.6 Å². The number of rotatable bonds is 2. The van der Waals surface area contributed by atoms with Crippen molar-refractivity contribution >= 4 is 23.2 Å². The van der Waals surface area contributed by atoms with Crippen LogP contribution in [0.4, 0.5) is 0 Å². The van der Waals surface area contributed by atoms with Gasteiger partial charge in [-0.15, -0.1) is 11.6 Å². The van der Waals surface area contributed by atoms with Crippen LogP contribution in [0, 0.1) is 13.3 Å². The summed E-state index contributed by atoms with van der Waals surface area (Å²) in [6, 6.07) is 8.40. The van der Waals surface area contributed by atoms with E-state index in [0.29, 0.717) is 5.03 Å². The quantitative estimate of drug-likeness (QED) is 0.684. The van der Waals surface area contributed by atoms with Gasteiger partial charge in [0.2, 0.25) is 0 Å². The van der Waals surface area contributed by atoms with Crippen molar-refractivity contribution in [2.75, 3.05) is 0 Å². The van der Waals surface area contributed by atoms with E-state index in [1.54, 1.807) is 0 Å². The molecule has 0 amide bonds. The molecule has 0 aromatic heterocycles. The number of hydrogen-bond acceptors (Lipinski definition) is 0. The molecule has 0 heterocycles. The predicted octanol–water partition coefficient (Wildman–Crippen LogP) is 4.41. The molecule has 0 saturated carbocycles. The fraction of sp³-hybridized carbons (Fsp3) is 0.214. The Morgan fingerprint density at radius 1 is 1.19 bits per heavy atom. The molecule has 0 N–H and O–H groups in total. The van der Waals surface area contributed by atoms with Crippen LogP contribution >= 0.6 is 23.2 Å². The van der Waals surface area contributed by atoms with E-state index in [-0.39, 0.29) is 0 Å². The zero-order chi connectivity index (χ0) is 11.6. The van der Waals surface area contributed by atoms with Crippen LogP contribution < -0.4 is 0 Å². The van der Waals surface area contributed by atoms with Crippen molar-refractivity contribution in [3.05, 3.63) is 65.1 Å². The van der Waals surface area contributed by atoms with E-state index in [2.05, 4.69) is 31.2 Å². The molecule has 1 aromatic carbocycles. The van der Waals surface area contributed by atoms with Gasteiger partial charge in [0.1, 0.15) is 0 Å². The number of allylic oxidation sites excluding steroid dienone is 4. The van der Waals surface area contributed by atoms with Crippen LogP contribution in [0.1, 0.15) is 11.1 Å². The smallest absolute Gasteiger partial charge is 0.0753 e. The van der Waals surface area contributed by atoms with E-state index in [9.17, 15) is 0 Å². The van der Waals surface area contributed by atoms with Gasteiger partial charge in [-0.25, -0.2) is 0 Å². The zero-order valence-corrected chi connectivity index (χ0v) is 10.6. The standard InChI is InChI=1S/C14H13Cl2/c1-11-4-6-12(7-5-11)9-14(16)8-2-3-13(15)10-14/h2-8,10H,9H2,1H3. The number of halogens is 2. The lowest BCUT2D eigenvalue weighted by Gasteiger charge is -2.25. The average molecular weight is 252 g/mol. The van der Waals surface area contributed by atoms with E-state index in [4.69, 9.17) is 23.2 Å². The number of alkyl halides is 1. The van der Waals surface area contributed by atoms with Crippen LogP contribution in [0.3, 0.4) is 0 Å². The molecule has 1 aliphatic rings. The van der Waals surface area contributed by atoms with E-state index in [0.717, 1.165) is 6.42 Å². The van der Waals surface area contributed by atoms with Crippen LogP contribution in [0.25, 0.3) is 0 Å². The van der Waals surface area contributed by atoms with Crippen LogP contribution in [0.15, 0.2) is 47.5 Å². The summed E-state index contributed by atoms with van der Waals surface area (Å²) in [5, 5.41) is 0.699. The van der Waals surface area contributed by atoms with Crippen molar-refractivity contribution in [1.82, 2.24) is 0 Å². The Morgan fingerprint density at radius 3 is 2.50 bits per heavy atom. The highest BCUT2D eigenvalue weighted by Crippen LogP contribution is 2.33. The highest BCUT2D eigenvalue weighted by Gasteiger charge is 2.27. The second-order valence-corrected chi connectivity index (χ2v) is 5.28. The topological polar surface area (TPSA) is 0 Å². The minimum absolute atomic E-state index is 0.485. The van der Waals surface area contributed by atoms with Crippen molar-refractivity contribution in [1.29, 1.82) is 0 Å². The van der Waals surface area contributed by atoms with Crippen molar-refractivity contribution in [2.24, 2.45) is 0 Å². The summed E-state index contributed by atoms with van der Waals surface area (Å²) in [4.78, 5) is -0.485. The SMILES string of the molecule is Cc1ccc(CC2(Cl)[CH]C(Cl)=CC=C2)cc1. The van der Waals surface area contributed by atoms with Gasteiger partial charge in [0, 0.05) is 11.5 Å². The largest absolute Gasteiger partial charge is 0.114 e. The fourth-order valence-corrected chi connectivity index (χ4v) is 2.42. The molecule has 0 saturated heterocycles. The normalized spacial score (nSPS) is 24.3. The van der Waals surface area contributed by atoms with Gasteiger partial charge in [-0.2, -0.15) is 0 Å². The molecule has 16 heavy (non-hydrogen) atoms. The van der Waals surface area contributed by atoms with Gasteiger partial charge in [-0.3, -0.25) is 0 Å². The Kier molecular flexibility index (Phi) is 3.41. The molecular formula is C14H13Cl2. The van der Waals surface area contributed by atoms with Crippen LogP contribution in [-0.4, -0.2) is 4.87 Å². The molecule has 2 rings (SSSR count). The Balaban J connectivity index is 2.13. The number of aryl methyl sites for hydroxylation is 1. The molecule has 0 nitrogen and oxygen atoms in total. The van der Waals surface area contributed by atoms with Gasteiger partial charge in [-0.05, 0) is 25.0 Å². The summed E-state index contributed by atoms with van der Waals surface area (Å²) in [6.45, 7) is 2.08. The Hall–Kier alpha value is -0.720. The Labute approximate surface area is 107 Å². The zero-order valence-electron chi connectivity index (χ0n) is 9.08. The van der Waals surface area contributed by atoms with E-state index in [1.807, 2.05) is 24.6 Å². The van der Waals surface area contributed by atoms with Crippen molar-refractivity contribution in [3.8, 4) is 0 Å². The van der Waals surface area contributed by atoms with Crippen LogP contribution in [0.2, 0.25) is 0 Å². The third-order valence-electron chi connectivity index (χ3n) is 2.60. The molecule has 1 unspecified atom stereocenters. The monoisotopic (exact) mass is 251 g/mol. The molecule has 1 aliphatic carbocycles. The van der Waals surface area contributed by atoms with Crippen LogP contribution in [0.5, 0.6) is 0 Å². The summed E-state index contributed by atoms with van der Waals surface area (Å²) in [6.07, 6.45) is 8.37. The molecule has 2 heteroatoms. The van der Waals surface area contributed by atoms with E-state index < -0.39 is 4.87 Å². The van der Waals surface area contributed by atoms with Gasteiger partial charge < -0.3 is 0 Å². The fourth-order valence-electron chi connectivity index (χ4n) is 1.75. The van der Waals surface area contributed by atoms with Crippen molar-refractivity contribution in [2.45, 2.75) is 18.2 Å². The Morgan fingerprint density at radius 2 is 1.88 bits per heavy atom. The molecule has 0 aliphatic heterocycles. The maximum Gasteiger partial charge on any atom is 0.0753 e. The minimum Gasteiger partial charge on any atom is -0.114 e. The molecule has 0 spiro atoms. The molecule has 1 atom stereocenters. The van der Waals surface area contributed by atoms with Gasteiger partial charge >= 0.3 is 0 Å². The maximum atomic E-state index is 6.48. The van der Waals surface area contributed by atoms with Gasteiger partial charge in [0.25, 0.3) is 0 Å². The second kappa shape index (κ2) is 4.65. The van der Waals surface area contributed by atoms with E-state index >= 15 is 0 Å². The number of hydrogen-bond donors (Lipinski definition) is 0. The van der Waals surface area contributed by atoms with Gasteiger partial charge in [0.05, 0.1) is 4.87 Å². The maximum absolute atomic E-state index is 6.48. The highest BCUT2D eigenvalue weighted by atomic mass is 35.5.